The highest BCUT2D eigenvalue weighted by Gasteiger charge is 2.26. The molecule has 0 aliphatic carbocycles. The van der Waals surface area contributed by atoms with Crippen LogP contribution in [0.2, 0.25) is 0 Å². The molecule has 1 aliphatic rings. The van der Waals surface area contributed by atoms with Gasteiger partial charge in [0.2, 0.25) is 21.1 Å². The zero-order valence-corrected chi connectivity index (χ0v) is 20.9. The van der Waals surface area contributed by atoms with Crippen molar-refractivity contribution < 1.29 is 22.4 Å². The summed E-state index contributed by atoms with van der Waals surface area (Å²) in [6, 6.07) is 11.6. The van der Waals surface area contributed by atoms with E-state index in [9.17, 15) is 22.4 Å². The molecule has 0 atom stereocenters. The van der Waals surface area contributed by atoms with Crippen LogP contribution in [-0.2, 0) is 14.8 Å². The molecule has 184 valence electrons. The molecule has 2 amide bonds. The fourth-order valence-corrected chi connectivity index (χ4v) is 6.46. The smallest absolute Gasteiger partial charge is 0.257 e. The summed E-state index contributed by atoms with van der Waals surface area (Å²) in [7, 11) is -3.57. The van der Waals surface area contributed by atoms with Crippen LogP contribution in [0.15, 0.2) is 57.8 Å². The van der Waals surface area contributed by atoms with Gasteiger partial charge in [0.25, 0.3) is 5.91 Å². The highest BCUT2D eigenvalue weighted by molar-refractivity contribution is 8.01. The maximum atomic E-state index is 13.6. The van der Waals surface area contributed by atoms with Crippen molar-refractivity contribution in [2.45, 2.75) is 28.5 Å². The lowest BCUT2D eigenvalue weighted by Gasteiger charge is -2.25. The average molecular weight is 536 g/mol. The molecule has 0 saturated carbocycles. The van der Waals surface area contributed by atoms with E-state index in [-0.39, 0.29) is 27.0 Å². The van der Waals surface area contributed by atoms with Crippen LogP contribution in [0.3, 0.4) is 0 Å². The Bertz CT molecular complexity index is 1310. The van der Waals surface area contributed by atoms with Crippen LogP contribution < -0.4 is 10.6 Å². The normalized spacial score (nSPS) is 14.4. The Kier molecular flexibility index (Phi) is 8.11. The van der Waals surface area contributed by atoms with Gasteiger partial charge in [0.15, 0.2) is 4.34 Å². The number of amides is 2. The maximum Gasteiger partial charge on any atom is 0.257 e. The van der Waals surface area contributed by atoms with E-state index < -0.39 is 27.7 Å². The van der Waals surface area contributed by atoms with Crippen LogP contribution in [-0.4, -0.2) is 53.6 Å². The monoisotopic (exact) mass is 535 g/mol. The third-order valence-electron chi connectivity index (χ3n) is 5.17. The van der Waals surface area contributed by atoms with E-state index in [2.05, 4.69) is 20.8 Å². The number of hydrogen-bond donors (Lipinski definition) is 2. The molecule has 0 spiro atoms. The van der Waals surface area contributed by atoms with Gasteiger partial charge in [0.05, 0.1) is 16.3 Å². The first-order valence-corrected chi connectivity index (χ1v) is 14.0. The van der Waals surface area contributed by atoms with Crippen molar-refractivity contribution in [3.8, 4) is 0 Å². The number of carbonyl (C=O) groups excluding carboxylic acids is 2. The molecule has 35 heavy (non-hydrogen) atoms. The van der Waals surface area contributed by atoms with Gasteiger partial charge in [0.1, 0.15) is 5.82 Å². The molecule has 3 aromatic rings. The Morgan fingerprint density at radius 2 is 1.71 bits per heavy atom. The zero-order chi connectivity index (χ0) is 24.8. The summed E-state index contributed by atoms with van der Waals surface area (Å²) in [5, 5.41) is 13.2. The number of rotatable bonds is 8. The first-order chi connectivity index (χ1) is 16.8. The van der Waals surface area contributed by atoms with Gasteiger partial charge >= 0.3 is 0 Å². The molecule has 4 rings (SSSR count). The van der Waals surface area contributed by atoms with E-state index in [1.165, 1.54) is 46.8 Å². The molecule has 2 N–H and O–H groups in total. The van der Waals surface area contributed by atoms with Crippen LogP contribution in [0.1, 0.15) is 29.6 Å². The number of nitrogens with zero attached hydrogens (tertiary/aromatic N) is 3. The number of thioether (sulfide) groups is 1. The average Bonchev–Trinajstić information content (AvgIpc) is 3.32. The van der Waals surface area contributed by atoms with Gasteiger partial charge in [-0.3, -0.25) is 14.9 Å². The van der Waals surface area contributed by atoms with Gasteiger partial charge in [-0.15, -0.1) is 10.2 Å². The first kappa shape index (κ1) is 25.2. The Balaban J connectivity index is 1.30. The van der Waals surface area contributed by atoms with Crippen molar-refractivity contribution in [1.29, 1.82) is 0 Å². The Labute approximate surface area is 210 Å². The minimum atomic E-state index is -3.57. The molecule has 0 unspecified atom stereocenters. The van der Waals surface area contributed by atoms with E-state index in [1.54, 1.807) is 6.07 Å². The highest BCUT2D eigenvalue weighted by Crippen LogP contribution is 2.26. The van der Waals surface area contributed by atoms with Crippen LogP contribution in [0, 0.1) is 5.82 Å². The maximum absolute atomic E-state index is 13.6. The van der Waals surface area contributed by atoms with E-state index in [4.69, 9.17) is 0 Å². The second-order valence-electron chi connectivity index (χ2n) is 7.63. The summed E-state index contributed by atoms with van der Waals surface area (Å²) in [5.41, 5.74) is 0.370. The first-order valence-electron chi connectivity index (χ1n) is 10.8. The van der Waals surface area contributed by atoms with Gasteiger partial charge in [-0.25, -0.2) is 12.8 Å². The van der Waals surface area contributed by atoms with Crippen LogP contribution in [0.4, 0.5) is 15.2 Å². The lowest BCUT2D eigenvalue weighted by atomic mass is 10.2. The van der Waals surface area contributed by atoms with E-state index in [0.717, 1.165) is 42.4 Å². The number of anilines is 2. The predicted molar refractivity (Wildman–Crippen MR) is 133 cm³/mol. The summed E-state index contributed by atoms with van der Waals surface area (Å²) >= 11 is 2.19. The highest BCUT2D eigenvalue weighted by atomic mass is 32.2. The molecule has 13 heteroatoms. The van der Waals surface area contributed by atoms with Gasteiger partial charge in [-0.2, -0.15) is 4.31 Å². The molecular weight excluding hydrogens is 513 g/mol. The third kappa shape index (κ3) is 6.42. The number of sulfonamides is 1. The summed E-state index contributed by atoms with van der Waals surface area (Å²) in [6.07, 6.45) is 2.72. The number of aromatic nitrogens is 2. The van der Waals surface area contributed by atoms with E-state index >= 15 is 0 Å². The second-order valence-corrected chi connectivity index (χ2v) is 11.8. The molecule has 1 aliphatic heterocycles. The minimum absolute atomic E-state index is 0.0101. The molecule has 9 nitrogen and oxygen atoms in total. The lowest BCUT2D eigenvalue weighted by Crippen LogP contribution is -2.35. The topological polar surface area (TPSA) is 121 Å². The Morgan fingerprint density at radius 3 is 2.43 bits per heavy atom. The van der Waals surface area contributed by atoms with Crippen molar-refractivity contribution in [3.63, 3.8) is 0 Å². The van der Waals surface area contributed by atoms with Crippen molar-refractivity contribution >= 4 is 55.8 Å². The van der Waals surface area contributed by atoms with Gasteiger partial charge < -0.3 is 5.32 Å². The van der Waals surface area contributed by atoms with Gasteiger partial charge in [-0.05, 0) is 49.2 Å². The minimum Gasteiger partial charge on any atom is -0.323 e. The quantitative estimate of drug-likeness (QED) is 0.332. The second kappa shape index (κ2) is 11.2. The Hall–Kier alpha value is -2.87. The van der Waals surface area contributed by atoms with Crippen LogP contribution >= 0.6 is 23.1 Å². The summed E-state index contributed by atoms with van der Waals surface area (Å²) in [6.45, 7) is 1.01. The number of benzene rings is 2. The SMILES string of the molecule is O=C(CSc1nnc(NC(=O)c2ccc(S(=O)(=O)N3CCCCC3)cc2)s1)Nc1ccccc1F. The molecule has 0 bridgehead atoms. The number of halogens is 1. The molecule has 1 saturated heterocycles. The predicted octanol–water partition coefficient (Wildman–Crippen LogP) is 3.83. The van der Waals surface area contributed by atoms with Gasteiger partial charge in [-0.1, -0.05) is 41.7 Å². The molecule has 1 fully saturated rings. The van der Waals surface area contributed by atoms with Crippen LogP contribution in [0.5, 0.6) is 0 Å². The van der Waals surface area contributed by atoms with Crippen molar-refractivity contribution in [3.05, 3.63) is 59.9 Å². The lowest BCUT2D eigenvalue weighted by molar-refractivity contribution is -0.113. The number of hydrogen-bond acceptors (Lipinski definition) is 8. The number of para-hydroxylation sites is 1. The molecular formula is C22H22FN5O4S3. The number of nitrogens with one attached hydrogen (secondary N) is 2. The zero-order valence-electron chi connectivity index (χ0n) is 18.4. The van der Waals surface area contributed by atoms with Crippen molar-refractivity contribution in [2.75, 3.05) is 29.5 Å². The van der Waals surface area contributed by atoms with Gasteiger partial charge in [0, 0.05) is 18.7 Å². The summed E-state index contributed by atoms with van der Waals surface area (Å²) in [4.78, 5) is 24.7. The standard InChI is InChI=1S/C22H22FN5O4S3/c23-17-6-2-3-7-18(17)24-19(29)14-33-22-27-26-21(34-22)25-20(30)15-8-10-16(11-9-15)35(31,32)28-12-4-1-5-13-28/h2-3,6-11H,1,4-5,12-14H2,(H,24,29)(H,25,26,30). The molecule has 1 aromatic heterocycles. The molecule has 2 heterocycles. The fourth-order valence-electron chi connectivity index (χ4n) is 3.40. The Morgan fingerprint density at radius 1 is 1.00 bits per heavy atom. The van der Waals surface area contributed by atoms with Crippen molar-refractivity contribution in [2.24, 2.45) is 0 Å². The summed E-state index contributed by atoms with van der Waals surface area (Å²) < 4.78 is 41.1. The van der Waals surface area contributed by atoms with E-state index in [1.807, 2.05) is 0 Å². The van der Waals surface area contributed by atoms with Crippen molar-refractivity contribution in [1.82, 2.24) is 14.5 Å². The van der Waals surface area contributed by atoms with Crippen LogP contribution in [0.25, 0.3) is 0 Å². The summed E-state index contributed by atoms with van der Waals surface area (Å²) in [5.74, 6) is -1.40. The number of piperidine rings is 1. The molecule has 2 aromatic carbocycles. The largest absolute Gasteiger partial charge is 0.323 e. The number of carbonyl (C=O) groups is 2. The third-order valence-corrected chi connectivity index (χ3v) is 9.06. The fraction of sp³-hybridized carbons (Fsp3) is 0.273. The van der Waals surface area contributed by atoms with E-state index in [0.29, 0.717) is 17.4 Å². The molecule has 0 radical (unpaired) electrons.